The summed E-state index contributed by atoms with van der Waals surface area (Å²) < 4.78 is 45.9. The van der Waals surface area contributed by atoms with Gasteiger partial charge in [-0.25, -0.2) is 4.98 Å². The zero-order chi connectivity index (χ0) is 25.0. The number of carbonyl (C=O) groups excluding carboxylic acids is 2. The Balaban J connectivity index is 1.46. The summed E-state index contributed by atoms with van der Waals surface area (Å²) in [5.74, 6) is -1.37. The highest BCUT2D eigenvalue weighted by atomic mass is 32.1. The maximum atomic E-state index is 13.7. The third-order valence-electron chi connectivity index (χ3n) is 5.10. The number of benzene rings is 2. The van der Waals surface area contributed by atoms with E-state index in [0.29, 0.717) is 5.69 Å². The molecular formula is C25H20F3N3O3S. The summed E-state index contributed by atoms with van der Waals surface area (Å²) in [5, 5.41) is 7.09. The summed E-state index contributed by atoms with van der Waals surface area (Å²) in [6.07, 6.45) is -2.74. The molecule has 0 aliphatic carbocycles. The van der Waals surface area contributed by atoms with Crippen LogP contribution in [0, 0.1) is 0 Å². The van der Waals surface area contributed by atoms with E-state index in [1.165, 1.54) is 41.4 Å². The molecule has 0 atom stereocenters. The van der Waals surface area contributed by atoms with Crippen molar-refractivity contribution in [1.29, 1.82) is 0 Å². The van der Waals surface area contributed by atoms with Crippen molar-refractivity contribution in [3.05, 3.63) is 88.8 Å². The highest BCUT2D eigenvalue weighted by Crippen LogP contribution is 2.37. The Kier molecular flexibility index (Phi) is 7.02. The molecule has 0 aliphatic heterocycles. The van der Waals surface area contributed by atoms with Crippen molar-refractivity contribution in [2.45, 2.75) is 25.9 Å². The SMILES string of the molecule is CCc1ccc(-c2nc(CC(=O)Nc3ccc(NC(=O)c4ccco4)cc3C(F)(F)F)cs2)cc1. The fourth-order valence-electron chi connectivity index (χ4n) is 3.33. The Morgan fingerprint density at radius 2 is 1.83 bits per heavy atom. The van der Waals surface area contributed by atoms with Gasteiger partial charge in [0.05, 0.1) is 29.6 Å². The average Bonchev–Trinajstić information content (AvgIpc) is 3.52. The Labute approximate surface area is 202 Å². The van der Waals surface area contributed by atoms with Crippen LogP contribution in [0.1, 0.15) is 34.3 Å². The maximum Gasteiger partial charge on any atom is 0.418 e. The second-order valence-electron chi connectivity index (χ2n) is 7.61. The minimum atomic E-state index is -4.76. The summed E-state index contributed by atoms with van der Waals surface area (Å²) in [4.78, 5) is 29.0. The molecule has 180 valence electrons. The van der Waals surface area contributed by atoms with Crippen molar-refractivity contribution >= 4 is 34.5 Å². The van der Waals surface area contributed by atoms with E-state index in [0.717, 1.165) is 29.1 Å². The number of anilines is 2. The minimum absolute atomic E-state index is 0.0418. The summed E-state index contributed by atoms with van der Waals surface area (Å²) in [6.45, 7) is 2.06. The maximum absolute atomic E-state index is 13.7. The minimum Gasteiger partial charge on any atom is -0.459 e. The van der Waals surface area contributed by atoms with Gasteiger partial charge in [0.15, 0.2) is 5.76 Å². The molecule has 2 amide bonds. The zero-order valence-corrected chi connectivity index (χ0v) is 19.3. The molecule has 35 heavy (non-hydrogen) atoms. The normalized spacial score (nSPS) is 11.3. The van der Waals surface area contributed by atoms with Crippen LogP contribution in [0.3, 0.4) is 0 Å². The van der Waals surface area contributed by atoms with Gasteiger partial charge in [-0.3, -0.25) is 9.59 Å². The lowest BCUT2D eigenvalue weighted by molar-refractivity contribution is -0.136. The van der Waals surface area contributed by atoms with Crippen molar-refractivity contribution in [2.24, 2.45) is 0 Å². The molecule has 0 spiro atoms. The third-order valence-corrected chi connectivity index (χ3v) is 6.04. The molecule has 0 saturated heterocycles. The molecule has 2 heterocycles. The number of hydrogen-bond donors (Lipinski definition) is 2. The largest absolute Gasteiger partial charge is 0.459 e. The first-order valence-electron chi connectivity index (χ1n) is 10.6. The van der Waals surface area contributed by atoms with Gasteiger partial charge in [0, 0.05) is 16.6 Å². The number of thiazole rings is 1. The van der Waals surface area contributed by atoms with E-state index in [4.69, 9.17) is 4.42 Å². The Morgan fingerprint density at radius 3 is 2.49 bits per heavy atom. The Morgan fingerprint density at radius 1 is 1.06 bits per heavy atom. The number of amides is 2. The molecular weight excluding hydrogens is 479 g/mol. The predicted octanol–water partition coefficient (Wildman–Crippen LogP) is 6.42. The highest BCUT2D eigenvalue weighted by molar-refractivity contribution is 7.13. The van der Waals surface area contributed by atoms with Gasteiger partial charge >= 0.3 is 6.18 Å². The molecule has 2 aromatic heterocycles. The molecule has 0 bridgehead atoms. The van der Waals surface area contributed by atoms with E-state index in [1.54, 1.807) is 5.38 Å². The van der Waals surface area contributed by atoms with Crippen LogP contribution in [0.15, 0.2) is 70.7 Å². The standard InChI is InChI=1S/C25H20F3N3O3S/c1-2-15-5-7-16(8-6-15)24-30-18(14-35-24)13-22(32)31-20-10-9-17(12-19(20)25(26,27)28)29-23(33)21-4-3-11-34-21/h3-12,14H,2,13H2,1H3,(H,29,33)(H,31,32). The van der Waals surface area contributed by atoms with Crippen LogP contribution in [0.4, 0.5) is 24.5 Å². The van der Waals surface area contributed by atoms with Crippen LogP contribution in [-0.2, 0) is 23.8 Å². The number of aromatic nitrogens is 1. The van der Waals surface area contributed by atoms with Crippen LogP contribution < -0.4 is 10.6 Å². The second kappa shape index (κ2) is 10.1. The van der Waals surface area contributed by atoms with Crippen LogP contribution in [0.25, 0.3) is 10.6 Å². The molecule has 0 unspecified atom stereocenters. The fraction of sp³-hybridized carbons (Fsp3) is 0.160. The lowest BCUT2D eigenvalue weighted by Crippen LogP contribution is -2.19. The van der Waals surface area contributed by atoms with Gasteiger partial charge < -0.3 is 15.1 Å². The molecule has 0 aliphatic rings. The first kappa shape index (κ1) is 24.2. The van der Waals surface area contributed by atoms with E-state index in [9.17, 15) is 22.8 Å². The van der Waals surface area contributed by atoms with Crippen LogP contribution in [0.5, 0.6) is 0 Å². The molecule has 0 saturated carbocycles. The number of rotatable bonds is 7. The fourth-order valence-corrected chi connectivity index (χ4v) is 4.15. The predicted molar refractivity (Wildman–Crippen MR) is 127 cm³/mol. The molecule has 0 radical (unpaired) electrons. The van der Waals surface area contributed by atoms with E-state index >= 15 is 0 Å². The molecule has 0 fully saturated rings. The van der Waals surface area contributed by atoms with Crippen molar-refractivity contribution < 1.29 is 27.2 Å². The van der Waals surface area contributed by atoms with Crippen molar-refractivity contribution in [3.8, 4) is 10.6 Å². The Hall–Kier alpha value is -3.92. The summed E-state index contributed by atoms with van der Waals surface area (Å²) in [7, 11) is 0. The van der Waals surface area contributed by atoms with E-state index in [1.807, 2.05) is 24.3 Å². The van der Waals surface area contributed by atoms with Gasteiger partial charge in [0.1, 0.15) is 5.01 Å². The molecule has 2 N–H and O–H groups in total. The molecule has 6 nitrogen and oxygen atoms in total. The summed E-state index contributed by atoms with van der Waals surface area (Å²) >= 11 is 1.36. The van der Waals surface area contributed by atoms with Gasteiger partial charge in [0.25, 0.3) is 5.91 Å². The molecule has 4 rings (SSSR count). The third kappa shape index (κ3) is 5.96. The number of alkyl halides is 3. The highest BCUT2D eigenvalue weighted by Gasteiger charge is 2.34. The average molecular weight is 500 g/mol. The van der Waals surface area contributed by atoms with Crippen LogP contribution in [-0.4, -0.2) is 16.8 Å². The number of nitrogens with one attached hydrogen (secondary N) is 2. The van der Waals surface area contributed by atoms with Gasteiger partial charge in [-0.2, -0.15) is 13.2 Å². The number of nitrogens with zero attached hydrogens (tertiary/aromatic N) is 1. The number of hydrogen-bond acceptors (Lipinski definition) is 5. The number of carbonyl (C=O) groups is 2. The van der Waals surface area contributed by atoms with Crippen molar-refractivity contribution in [3.63, 3.8) is 0 Å². The van der Waals surface area contributed by atoms with Gasteiger partial charge in [-0.1, -0.05) is 31.2 Å². The van der Waals surface area contributed by atoms with Gasteiger partial charge in [-0.15, -0.1) is 11.3 Å². The van der Waals surface area contributed by atoms with Crippen LogP contribution >= 0.6 is 11.3 Å². The molecule has 2 aromatic carbocycles. The van der Waals surface area contributed by atoms with Gasteiger partial charge in [0.2, 0.25) is 5.91 Å². The number of furan rings is 1. The number of aryl methyl sites for hydroxylation is 1. The summed E-state index contributed by atoms with van der Waals surface area (Å²) in [5.41, 5.74) is 0.970. The van der Waals surface area contributed by atoms with E-state index in [-0.39, 0.29) is 17.9 Å². The topological polar surface area (TPSA) is 84.2 Å². The van der Waals surface area contributed by atoms with Crippen molar-refractivity contribution in [1.82, 2.24) is 4.98 Å². The smallest absolute Gasteiger partial charge is 0.418 e. The molecule has 4 aromatic rings. The number of halogens is 3. The van der Waals surface area contributed by atoms with Crippen molar-refractivity contribution in [2.75, 3.05) is 10.6 Å². The van der Waals surface area contributed by atoms with E-state index < -0.39 is 29.2 Å². The van der Waals surface area contributed by atoms with E-state index in [2.05, 4.69) is 22.5 Å². The zero-order valence-electron chi connectivity index (χ0n) is 18.5. The quantitative estimate of drug-likeness (QED) is 0.307. The second-order valence-corrected chi connectivity index (χ2v) is 8.47. The Bertz CT molecular complexity index is 1330. The first-order valence-corrected chi connectivity index (χ1v) is 11.5. The monoisotopic (exact) mass is 499 g/mol. The molecule has 10 heteroatoms. The lowest BCUT2D eigenvalue weighted by atomic mass is 10.1. The first-order chi connectivity index (χ1) is 16.7. The van der Waals surface area contributed by atoms with Gasteiger partial charge in [-0.05, 0) is 42.3 Å². The lowest BCUT2D eigenvalue weighted by Gasteiger charge is -2.15. The van der Waals surface area contributed by atoms with Crippen LogP contribution in [0.2, 0.25) is 0 Å². The summed E-state index contributed by atoms with van der Waals surface area (Å²) in [6, 6.07) is 13.9.